The van der Waals surface area contributed by atoms with Crippen molar-refractivity contribution in [2.45, 2.75) is 38.6 Å². The number of hydrogen-bond acceptors (Lipinski definition) is 6. The normalized spacial score (nSPS) is 14.5. The number of carbonyl (C=O) groups is 1. The van der Waals surface area contributed by atoms with E-state index in [1.165, 1.54) is 12.4 Å². The van der Waals surface area contributed by atoms with Gasteiger partial charge >= 0.3 is 6.09 Å². The number of nitrogens with zero attached hydrogens (tertiary/aromatic N) is 2. The lowest BCUT2D eigenvalue weighted by atomic mass is 10.1. The number of rotatable bonds is 4. The first-order valence-electron chi connectivity index (χ1n) is 5.99. The van der Waals surface area contributed by atoms with Gasteiger partial charge < -0.3 is 20.3 Å². The molecule has 2 unspecified atom stereocenters. The van der Waals surface area contributed by atoms with E-state index in [-0.39, 0.29) is 11.8 Å². The lowest BCUT2D eigenvalue weighted by molar-refractivity contribution is 0.0126. The number of alkyl carbamates (subject to hydrolysis) is 1. The van der Waals surface area contributed by atoms with Crippen LogP contribution in [0.2, 0.25) is 5.28 Å². The molecule has 0 fully saturated rings. The van der Waals surface area contributed by atoms with E-state index in [1.54, 1.807) is 20.8 Å². The van der Waals surface area contributed by atoms with Crippen molar-refractivity contribution in [3.8, 4) is 0 Å². The molecule has 8 heteroatoms. The molecule has 3 N–H and O–H groups in total. The molecule has 0 aliphatic rings. The largest absolute Gasteiger partial charge is 0.444 e. The number of aliphatic hydroxyl groups is 2. The van der Waals surface area contributed by atoms with Crippen LogP contribution in [0, 0.1) is 0 Å². The van der Waals surface area contributed by atoms with Crippen LogP contribution >= 0.6 is 11.6 Å². The first-order chi connectivity index (χ1) is 9.19. The van der Waals surface area contributed by atoms with Crippen LogP contribution in [0.4, 0.5) is 4.79 Å². The molecule has 1 rings (SSSR count). The number of amides is 1. The molecule has 1 amide bonds. The highest BCUT2D eigenvalue weighted by Crippen LogP contribution is 2.15. The number of aromatic nitrogens is 2. The van der Waals surface area contributed by atoms with Gasteiger partial charge in [-0.15, -0.1) is 0 Å². The van der Waals surface area contributed by atoms with Crippen molar-refractivity contribution in [3.63, 3.8) is 0 Å². The van der Waals surface area contributed by atoms with Gasteiger partial charge in [0.25, 0.3) is 0 Å². The molecule has 0 radical (unpaired) electrons. The Labute approximate surface area is 122 Å². The maximum Gasteiger partial charge on any atom is 0.407 e. The predicted octanol–water partition coefficient (Wildman–Crippen LogP) is 1.05. The van der Waals surface area contributed by atoms with Gasteiger partial charge in [0.1, 0.15) is 17.8 Å². The second kappa shape index (κ2) is 6.83. The van der Waals surface area contributed by atoms with E-state index in [2.05, 4.69) is 15.3 Å². The van der Waals surface area contributed by atoms with Gasteiger partial charge in [-0.3, -0.25) is 0 Å². The van der Waals surface area contributed by atoms with Gasteiger partial charge in [0, 0.05) is 24.5 Å². The average Bonchev–Trinajstić information content (AvgIpc) is 2.34. The fourth-order valence-corrected chi connectivity index (χ4v) is 1.41. The fourth-order valence-electron chi connectivity index (χ4n) is 1.31. The van der Waals surface area contributed by atoms with Gasteiger partial charge in [-0.1, -0.05) is 0 Å². The number of carbonyl (C=O) groups excluding carboxylic acids is 1. The van der Waals surface area contributed by atoms with Crippen LogP contribution in [0.3, 0.4) is 0 Å². The van der Waals surface area contributed by atoms with Gasteiger partial charge in [0.15, 0.2) is 0 Å². The first-order valence-corrected chi connectivity index (χ1v) is 6.37. The molecule has 1 heterocycles. The molecule has 0 bridgehead atoms. The summed E-state index contributed by atoms with van der Waals surface area (Å²) in [7, 11) is 0. The Morgan fingerprint density at radius 3 is 2.45 bits per heavy atom. The molecule has 20 heavy (non-hydrogen) atoms. The van der Waals surface area contributed by atoms with Gasteiger partial charge in [-0.25, -0.2) is 14.8 Å². The topological polar surface area (TPSA) is 105 Å². The van der Waals surface area contributed by atoms with Gasteiger partial charge in [0.2, 0.25) is 5.28 Å². The summed E-state index contributed by atoms with van der Waals surface area (Å²) in [6.45, 7) is 5.01. The molecule has 1 aromatic rings. The summed E-state index contributed by atoms with van der Waals surface area (Å²) in [6.07, 6.45) is -0.515. The molecule has 2 atom stereocenters. The molecule has 0 saturated heterocycles. The quantitative estimate of drug-likeness (QED) is 0.718. The fraction of sp³-hybridized carbons (Fsp3) is 0.583. The van der Waals surface area contributed by atoms with Crippen LogP contribution in [0.25, 0.3) is 0 Å². The second-order valence-electron chi connectivity index (χ2n) is 5.18. The number of halogens is 1. The average molecular weight is 304 g/mol. The molecule has 112 valence electrons. The summed E-state index contributed by atoms with van der Waals surface area (Å²) in [5.41, 5.74) is -0.328. The third-order valence-electron chi connectivity index (χ3n) is 2.20. The highest BCUT2D eigenvalue weighted by Gasteiger charge is 2.21. The Hall–Kier alpha value is -1.44. The van der Waals surface area contributed by atoms with Crippen LogP contribution < -0.4 is 5.32 Å². The van der Waals surface area contributed by atoms with Crippen LogP contribution in [0.1, 0.15) is 32.4 Å². The molecule has 0 saturated carbocycles. The maximum absolute atomic E-state index is 11.4. The molecule has 1 aromatic heterocycles. The van der Waals surface area contributed by atoms with E-state index in [9.17, 15) is 15.0 Å². The number of aliphatic hydroxyl groups excluding tert-OH is 2. The molecule has 0 spiro atoms. The minimum atomic E-state index is -1.23. The zero-order valence-corrected chi connectivity index (χ0v) is 12.3. The van der Waals surface area contributed by atoms with E-state index >= 15 is 0 Å². The molecule has 0 aliphatic heterocycles. The third-order valence-corrected chi connectivity index (χ3v) is 2.40. The van der Waals surface area contributed by atoms with E-state index < -0.39 is 23.9 Å². The van der Waals surface area contributed by atoms with E-state index in [1.807, 2.05) is 0 Å². The molecule has 0 aromatic carbocycles. The summed E-state index contributed by atoms with van der Waals surface area (Å²) in [4.78, 5) is 18.8. The Morgan fingerprint density at radius 1 is 1.40 bits per heavy atom. The van der Waals surface area contributed by atoms with Crippen molar-refractivity contribution in [3.05, 3.63) is 23.2 Å². The SMILES string of the molecule is CC(C)(C)OC(=O)NCC(O)C(O)c1cnc(Cl)nc1. The van der Waals surface area contributed by atoms with Crippen molar-refractivity contribution in [1.82, 2.24) is 15.3 Å². The van der Waals surface area contributed by atoms with Crippen LogP contribution in [-0.2, 0) is 4.74 Å². The lowest BCUT2D eigenvalue weighted by Crippen LogP contribution is -2.38. The summed E-state index contributed by atoms with van der Waals surface area (Å²) in [5.74, 6) is 0. The Kier molecular flexibility index (Phi) is 5.67. The minimum Gasteiger partial charge on any atom is -0.444 e. The Morgan fingerprint density at radius 2 is 1.95 bits per heavy atom. The second-order valence-corrected chi connectivity index (χ2v) is 5.52. The van der Waals surface area contributed by atoms with Crippen LogP contribution in [-0.4, -0.2) is 44.5 Å². The van der Waals surface area contributed by atoms with Gasteiger partial charge in [-0.2, -0.15) is 0 Å². The molecule has 0 aliphatic carbocycles. The summed E-state index contributed by atoms with van der Waals surface area (Å²) in [5, 5.41) is 22.0. The highest BCUT2D eigenvalue weighted by atomic mass is 35.5. The number of ether oxygens (including phenoxy) is 1. The third kappa shape index (κ3) is 5.68. The van der Waals surface area contributed by atoms with Gasteiger partial charge in [-0.05, 0) is 32.4 Å². The summed E-state index contributed by atoms with van der Waals surface area (Å²) >= 11 is 5.52. The van der Waals surface area contributed by atoms with E-state index in [0.717, 1.165) is 0 Å². The highest BCUT2D eigenvalue weighted by molar-refractivity contribution is 6.28. The first kappa shape index (κ1) is 16.6. The van der Waals surface area contributed by atoms with Crippen LogP contribution in [0.15, 0.2) is 12.4 Å². The zero-order chi connectivity index (χ0) is 15.3. The minimum absolute atomic E-state index is 0.0438. The Bertz CT molecular complexity index is 447. The predicted molar refractivity (Wildman–Crippen MR) is 72.2 cm³/mol. The monoisotopic (exact) mass is 303 g/mol. The standard InChI is InChI=1S/C12H18ClN3O4/c1-12(2,3)20-11(19)16-6-8(17)9(18)7-4-14-10(13)15-5-7/h4-5,8-9,17-18H,6H2,1-3H3,(H,16,19). The molecular weight excluding hydrogens is 286 g/mol. The molecule has 7 nitrogen and oxygen atoms in total. The summed E-state index contributed by atoms with van der Waals surface area (Å²) in [6, 6.07) is 0. The van der Waals surface area contributed by atoms with Crippen molar-refractivity contribution in [1.29, 1.82) is 0 Å². The van der Waals surface area contributed by atoms with Crippen molar-refractivity contribution < 1.29 is 19.7 Å². The Balaban J connectivity index is 2.48. The summed E-state index contributed by atoms with van der Waals surface area (Å²) < 4.78 is 5.00. The number of hydrogen-bond donors (Lipinski definition) is 3. The van der Waals surface area contributed by atoms with Crippen LogP contribution in [0.5, 0.6) is 0 Å². The van der Waals surface area contributed by atoms with Crippen molar-refractivity contribution >= 4 is 17.7 Å². The zero-order valence-electron chi connectivity index (χ0n) is 11.5. The van der Waals surface area contributed by atoms with Gasteiger partial charge in [0.05, 0.1) is 0 Å². The number of nitrogens with one attached hydrogen (secondary N) is 1. The maximum atomic E-state index is 11.4. The molecular formula is C12H18ClN3O4. The smallest absolute Gasteiger partial charge is 0.407 e. The van der Waals surface area contributed by atoms with Crippen molar-refractivity contribution in [2.75, 3.05) is 6.54 Å². The van der Waals surface area contributed by atoms with E-state index in [0.29, 0.717) is 5.56 Å². The van der Waals surface area contributed by atoms with Crippen molar-refractivity contribution in [2.24, 2.45) is 0 Å². The lowest BCUT2D eigenvalue weighted by Gasteiger charge is -2.22. The van der Waals surface area contributed by atoms with E-state index in [4.69, 9.17) is 16.3 Å².